The van der Waals surface area contributed by atoms with Crippen molar-refractivity contribution in [3.05, 3.63) is 83.4 Å². The van der Waals surface area contributed by atoms with Crippen LogP contribution in [-0.2, 0) is 0 Å². The number of hydrogen-bond donors (Lipinski definition) is 0. The third-order valence-corrected chi connectivity index (χ3v) is 4.23. The van der Waals surface area contributed by atoms with Crippen LogP contribution in [0, 0.1) is 20.8 Å². The van der Waals surface area contributed by atoms with E-state index in [1.807, 2.05) is 0 Å². The molecule has 0 amide bonds. The van der Waals surface area contributed by atoms with Crippen molar-refractivity contribution in [3.8, 4) is 22.3 Å². The highest BCUT2D eigenvalue weighted by atomic mass is 14.2. The third-order valence-electron chi connectivity index (χ3n) is 4.23. The summed E-state index contributed by atoms with van der Waals surface area (Å²) in [6.45, 7) is 6.59. The Kier molecular flexibility index (Phi) is 3.62. The van der Waals surface area contributed by atoms with Crippen LogP contribution in [0.4, 0.5) is 0 Å². The lowest BCUT2D eigenvalue weighted by molar-refractivity contribution is 1.33. The lowest BCUT2D eigenvalue weighted by atomic mass is 9.87. The molecule has 0 saturated carbocycles. The standard InChI is InChI=1S/C21H20/c1-15-13-14-20(19-12-8-7-9-16(19)2)21(17(15)3)18-10-5-4-6-11-18/h4-14H,1-3H3. The van der Waals surface area contributed by atoms with Gasteiger partial charge in [-0.05, 0) is 59.7 Å². The van der Waals surface area contributed by atoms with Crippen molar-refractivity contribution in [1.82, 2.24) is 0 Å². The van der Waals surface area contributed by atoms with Crippen molar-refractivity contribution in [2.24, 2.45) is 0 Å². The summed E-state index contributed by atoms with van der Waals surface area (Å²) in [5.74, 6) is 0. The van der Waals surface area contributed by atoms with Gasteiger partial charge in [-0.2, -0.15) is 0 Å². The van der Waals surface area contributed by atoms with E-state index in [0.717, 1.165) is 0 Å². The van der Waals surface area contributed by atoms with Crippen molar-refractivity contribution in [3.63, 3.8) is 0 Å². The molecule has 0 fully saturated rings. The molecule has 0 bridgehead atoms. The highest BCUT2D eigenvalue weighted by Gasteiger charge is 2.12. The highest BCUT2D eigenvalue weighted by Crippen LogP contribution is 2.37. The van der Waals surface area contributed by atoms with E-state index in [4.69, 9.17) is 0 Å². The molecule has 0 spiro atoms. The van der Waals surface area contributed by atoms with Gasteiger partial charge in [0.05, 0.1) is 0 Å². The van der Waals surface area contributed by atoms with Gasteiger partial charge in [0.1, 0.15) is 0 Å². The summed E-state index contributed by atoms with van der Waals surface area (Å²) >= 11 is 0. The minimum Gasteiger partial charge on any atom is -0.0622 e. The van der Waals surface area contributed by atoms with Gasteiger partial charge in [-0.25, -0.2) is 0 Å². The van der Waals surface area contributed by atoms with E-state index in [-0.39, 0.29) is 0 Å². The van der Waals surface area contributed by atoms with E-state index in [1.165, 1.54) is 38.9 Å². The molecular weight excluding hydrogens is 252 g/mol. The highest BCUT2D eigenvalue weighted by molar-refractivity contribution is 5.87. The Labute approximate surface area is 127 Å². The van der Waals surface area contributed by atoms with Crippen LogP contribution in [0.2, 0.25) is 0 Å². The van der Waals surface area contributed by atoms with Gasteiger partial charge in [0.25, 0.3) is 0 Å². The van der Waals surface area contributed by atoms with E-state index < -0.39 is 0 Å². The largest absolute Gasteiger partial charge is 0.0622 e. The molecule has 3 rings (SSSR count). The molecule has 0 atom stereocenters. The molecule has 3 aromatic carbocycles. The summed E-state index contributed by atoms with van der Waals surface area (Å²) in [5.41, 5.74) is 9.30. The fourth-order valence-electron chi connectivity index (χ4n) is 2.89. The Hall–Kier alpha value is -2.34. The summed E-state index contributed by atoms with van der Waals surface area (Å²) in [6, 6.07) is 23.8. The van der Waals surface area contributed by atoms with Gasteiger partial charge < -0.3 is 0 Å². The third kappa shape index (κ3) is 2.50. The van der Waals surface area contributed by atoms with Gasteiger partial charge in [-0.1, -0.05) is 66.7 Å². The minimum atomic E-state index is 1.29. The average Bonchev–Trinajstić information content (AvgIpc) is 2.51. The first kappa shape index (κ1) is 13.6. The topological polar surface area (TPSA) is 0 Å². The first-order valence-electron chi connectivity index (χ1n) is 7.40. The van der Waals surface area contributed by atoms with Gasteiger partial charge >= 0.3 is 0 Å². The second kappa shape index (κ2) is 5.57. The maximum atomic E-state index is 2.26. The van der Waals surface area contributed by atoms with Crippen LogP contribution in [-0.4, -0.2) is 0 Å². The van der Waals surface area contributed by atoms with Crippen molar-refractivity contribution in [2.75, 3.05) is 0 Å². The lowest BCUT2D eigenvalue weighted by Crippen LogP contribution is -1.93. The van der Waals surface area contributed by atoms with Crippen LogP contribution in [0.5, 0.6) is 0 Å². The van der Waals surface area contributed by atoms with Gasteiger partial charge in [0.15, 0.2) is 0 Å². The fourth-order valence-corrected chi connectivity index (χ4v) is 2.89. The number of hydrogen-bond acceptors (Lipinski definition) is 0. The SMILES string of the molecule is Cc1ccccc1-c1ccc(C)c(C)c1-c1ccccc1. The zero-order valence-corrected chi connectivity index (χ0v) is 12.9. The molecule has 0 aliphatic heterocycles. The zero-order chi connectivity index (χ0) is 14.8. The molecule has 104 valence electrons. The van der Waals surface area contributed by atoms with Crippen LogP contribution in [0.25, 0.3) is 22.3 Å². The number of benzene rings is 3. The maximum absolute atomic E-state index is 2.26. The van der Waals surface area contributed by atoms with E-state index in [2.05, 4.69) is 87.5 Å². The van der Waals surface area contributed by atoms with Crippen LogP contribution in [0.1, 0.15) is 16.7 Å². The lowest BCUT2D eigenvalue weighted by Gasteiger charge is -2.17. The molecule has 0 saturated heterocycles. The zero-order valence-electron chi connectivity index (χ0n) is 12.9. The van der Waals surface area contributed by atoms with Crippen molar-refractivity contribution < 1.29 is 0 Å². The molecule has 21 heavy (non-hydrogen) atoms. The summed E-state index contributed by atoms with van der Waals surface area (Å²) in [7, 11) is 0. The van der Waals surface area contributed by atoms with Gasteiger partial charge in [-0.3, -0.25) is 0 Å². The summed E-state index contributed by atoms with van der Waals surface area (Å²) in [6.07, 6.45) is 0. The number of rotatable bonds is 2. The summed E-state index contributed by atoms with van der Waals surface area (Å²) in [4.78, 5) is 0. The first-order chi connectivity index (χ1) is 10.2. The normalized spacial score (nSPS) is 10.6. The monoisotopic (exact) mass is 272 g/mol. The summed E-state index contributed by atoms with van der Waals surface area (Å²) in [5, 5.41) is 0. The van der Waals surface area contributed by atoms with E-state index in [1.54, 1.807) is 0 Å². The molecule has 0 aliphatic carbocycles. The Bertz CT molecular complexity index is 767. The number of aryl methyl sites for hydroxylation is 2. The summed E-state index contributed by atoms with van der Waals surface area (Å²) < 4.78 is 0. The predicted molar refractivity (Wildman–Crippen MR) is 91.5 cm³/mol. The maximum Gasteiger partial charge on any atom is -0.00734 e. The van der Waals surface area contributed by atoms with Crippen LogP contribution in [0.3, 0.4) is 0 Å². The molecule has 0 heterocycles. The van der Waals surface area contributed by atoms with Crippen LogP contribution >= 0.6 is 0 Å². The molecule has 0 radical (unpaired) electrons. The van der Waals surface area contributed by atoms with E-state index >= 15 is 0 Å². The molecule has 0 aromatic heterocycles. The van der Waals surface area contributed by atoms with Crippen LogP contribution in [0.15, 0.2) is 66.7 Å². The second-order valence-electron chi connectivity index (χ2n) is 5.61. The van der Waals surface area contributed by atoms with Crippen molar-refractivity contribution >= 4 is 0 Å². The fraction of sp³-hybridized carbons (Fsp3) is 0.143. The Balaban J connectivity index is 2.33. The van der Waals surface area contributed by atoms with Gasteiger partial charge in [0.2, 0.25) is 0 Å². The van der Waals surface area contributed by atoms with Gasteiger partial charge in [-0.15, -0.1) is 0 Å². The van der Waals surface area contributed by atoms with E-state index in [9.17, 15) is 0 Å². The molecule has 0 heteroatoms. The molecular formula is C21H20. The van der Waals surface area contributed by atoms with Crippen molar-refractivity contribution in [1.29, 1.82) is 0 Å². The van der Waals surface area contributed by atoms with Crippen LogP contribution < -0.4 is 0 Å². The second-order valence-corrected chi connectivity index (χ2v) is 5.61. The van der Waals surface area contributed by atoms with E-state index in [0.29, 0.717) is 0 Å². The minimum absolute atomic E-state index is 1.29. The molecule has 0 unspecified atom stereocenters. The van der Waals surface area contributed by atoms with Crippen molar-refractivity contribution in [2.45, 2.75) is 20.8 Å². The molecule has 0 aliphatic rings. The molecule has 3 aromatic rings. The Morgan fingerprint density at radius 2 is 1.19 bits per heavy atom. The Morgan fingerprint density at radius 3 is 1.90 bits per heavy atom. The first-order valence-corrected chi connectivity index (χ1v) is 7.40. The smallest absolute Gasteiger partial charge is 0.00734 e. The average molecular weight is 272 g/mol. The quantitative estimate of drug-likeness (QED) is 0.541. The van der Waals surface area contributed by atoms with Gasteiger partial charge in [0, 0.05) is 0 Å². The Morgan fingerprint density at radius 1 is 0.524 bits per heavy atom. The molecule has 0 N–H and O–H groups in total. The molecule has 0 nitrogen and oxygen atoms in total. The predicted octanol–water partition coefficient (Wildman–Crippen LogP) is 5.95.